The highest BCUT2D eigenvalue weighted by Crippen LogP contribution is 2.35. The van der Waals surface area contributed by atoms with Crippen molar-refractivity contribution >= 4 is 17.6 Å². The summed E-state index contributed by atoms with van der Waals surface area (Å²) in [5.41, 5.74) is -2.72. The van der Waals surface area contributed by atoms with Gasteiger partial charge in [-0.05, 0) is 52.7 Å². The van der Waals surface area contributed by atoms with Gasteiger partial charge in [-0.1, -0.05) is 33.6 Å². The molecule has 0 aliphatic heterocycles. The Morgan fingerprint density at radius 1 is 1.14 bits per heavy atom. The Morgan fingerprint density at radius 2 is 1.71 bits per heavy atom. The largest absolute Gasteiger partial charge is 0.507 e. The van der Waals surface area contributed by atoms with Crippen LogP contribution < -0.4 is 10.1 Å². The third kappa shape index (κ3) is 12.0. The second-order valence-electron chi connectivity index (χ2n) is 9.04. The molecule has 200 valence electrons. The number of hydrogen-bond acceptors (Lipinski definition) is 6. The number of esters is 1. The first-order chi connectivity index (χ1) is 16.1. The molecular weight excluding hydrogens is 465 g/mol. The van der Waals surface area contributed by atoms with Gasteiger partial charge in [0.15, 0.2) is 0 Å². The molecular formula is C25H39F3N2O5. The van der Waals surface area contributed by atoms with E-state index in [4.69, 9.17) is 14.9 Å². The minimum Gasteiger partial charge on any atom is -0.507 e. The van der Waals surface area contributed by atoms with Crippen LogP contribution in [0.25, 0.3) is 0 Å². The van der Waals surface area contributed by atoms with Crippen LogP contribution in [-0.4, -0.2) is 47.1 Å². The van der Waals surface area contributed by atoms with Gasteiger partial charge >= 0.3 is 12.1 Å². The topological polar surface area (TPSA) is 109 Å². The third-order valence-corrected chi connectivity index (χ3v) is 4.24. The van der Waals surface area contributed by atoms with E-state index in [-0.39, 0.29) is 43.1 Å². The number of carbonyl (C=O) groups excluding carboxylic acids is 2. The Balaban J connectivity index is 0.00000365. The van der Waals surface area contributed by atoms with E-state index in [9.17, 15) is 27.9 Å². The van der Waals surface area contributed by atoms with Crippen molar-refractivity contribution in [3.63, 3.8) is 0 Å². The van der Waals surface area contributed by atoms with Crippen molar-refractivity contribution in [2.75, 3.05) is 6.61 Å². The van der Waals surface area contributed by atoms with Crippen molar-refractivity contribution in [2.24, 2.45) is 0 Å². The van der Waals surface area contributed by atoms with E-state index in [1.54, 1.807) is 27.7 Å². The van der Waals surface area contributed by atoms with Crippen molar-refractivity contribution in [3.8, 4) is 11.5 Å². The molecule has 0 aliphatic rings. The van der Waals surface area contributed by atoms with E-state index in [2.05, 4.69) is 19.2 Å². The molecule has 0 radical (unpaired) electrons. The molecule has 35 heavy (non-hydrogen) atoms. The van der Waals surface area contributed by atoms with Gasteiger partial charge in [-0.2, -0.15) is 13.2 Å². The quantitative estimate of drug-likeness (QED) is 0.215. The first-order valence-electron chi connectivity index (χ1n) is 11.7. The number of ether oxygens (including phenoxy) is 2. The minimum atomic E-state index is -4.88. The molecule has 1 aromatic rings. The smallest absolute Gasteiger partial charge is 0.433 e. The number of phenols is 1. The summed E-state index contributed by atoms with van der Waals surface area (Å²) in [6.45, 7) is 12.8. The predicted octanol–water partition coefficient (Wildman–Crippen LogP) is 5.70. The highest BCUT2D eigenvalue weighted by Gasteiger charge is 2.37. The van der Waals surface area contributed by atoms with Gasteiger partial charge in [0.1, 0.15) is 28.9 Å². The number of benzene rings is 1. The Labute approximate surface area is 205 Å². The molecule has 0 fully saturated rings. The summed E-state index contributed by atoms with van der Waals surface area (Å²) in [4.78, 5) is 23.9. The van der Waals surface area contributed by atoms with Gasteiger partial charge in [-0.25, -0.2) is 4.79 Å². The summed E-state index contributed by atoms with van der Waals surface area (Å²) in [7, 11) is 0. The fourth-order valence-corrected chi connectivity index (χ4v) is 2.78. The maximum absolute atomic E-state index is 12.8. The van der Waals surface area contributed by atoms with Crippen LogP contribution in [0.15, 0.2) is 12.1 Å². The number of carbonyl (C=O) groups is 2. The molecule has 0 spiro atoms. The maximum atomic E-state index is 12.8. The van der Waals surface area contributed by atoms with E-state index >= 15 is 0 Å². The zero-order valence-electron chi connectivity index (χ0n) is 21.7. The number of hydrogen-bond donors (Lipinski definition) is 3. The van der Waals surface area contributed by atoms with Crippen LogP contribution in [-0.2, 0) is 20.7 Å². The van der Waals surface area contributed by atoms with Gasteiger partial charge in [0, 0.05) is 17.5 Å². The highest BCUT2D eigenvalue weighted by molar-refractivity contribution is 6.04. The summed E-state index contributed by atoms with van der Waals surface area (Å²) in [6.07, 6.45) is -2.50. The van der Waals surface area contributed by atoms with Crippen molar-refractivity contribution in [1.82, 2.24) is 5.32 Å². The van der Waals surface area contributed by atoms with Gasteiger partial charge in [0.2, 0.25) is 5.91 Å². The van der Waals surface area contributed by atoms with Crippen LogP contribution in [0.3, 0.4) is 0 Å². The summed E-state index contributed by atoms with van der Waals surface area (Å²) in [5.74, 6) is -1.36. The van der Waals surface area contributed by atoms with Crippen LogP contribution in [0.4, 0.5) is 13.2 Å². The molecule has 7 nitrogen and oxygen atoms in total. The third-order valence-electron chi connectivity index (χ3n) is 4.24. The number of rotatable bonds is 10. The lowest BCUT2D eigenvalue weighted by Crippen LogP contribution is -2.42. The van der Waals surface area contributed by atoms with E-state index < -0.39 is 40.8 Å². The zero-order chi connectivity index (χ0) is 27.4. The average Bonchev–Trinajstić information content (AvgIpc) is 2.71. The number of nitrogens with one attached hydrogen (secondary N) is 2. The number of halogens is 3. The average molecular weight is 505 g/mol. The molecule has 1 rings (SSSR count). The summed E-state index contributed by atoms with van der Waals surface area (Å²) >= 11 is 0. The fraction of sp³-hybridized carbons (Fsp3) is 0.640. The fourth-order valence-electron chi connectivity index (χ4n) is 2.78. The van der Waals surface area contributed by atoms with Gasteiger partial charge in [0.25, 0.3) is 0 Å². The Kier molecular flexibility index (Phi) is 13.4. The van der Waals surface area contributed by atoms with Crippen molar-refractivity contribution in [1.29, 1.82) is 5.41 Å². The van der Waals surface area contributed by atoms with Gasteiger partial charge in [0.05, 0.1) is 6.61 Å². The summed E-state index contributed by atoms with van der Waals surface area (Å²) < 4.78 is 49.3. The number of alkyl halides is 3. The molecule has 1 atom stereocenters. The molecule has 1 unspecified atom stereocenters. The van der Waals surface area contributed by atoms with Crippen LogP contribution in [0.1, 0.15) is 85.3 Å². The lowest BCUT2D eigenvalue weighted by Gasteiger charge is -2.22. The second kappa shape index (κ2) is 14.6. The standard InChI is InChI=1S/C22H31F3N2O5.C3H8/c1-6-8-14-16(11-10-15(18(14)29)19(26)22(23,24)25)31-12-7-9-17(28)27-13(2)20(30)32-21(3,4)5;1-3-2/h10-11,13,26,29H,6-9,12H2,1-5H3,(H,27,28);3H2,1-2H3. The first-order valence-corrected chi connectivity index (χ1v) is 11.7. The first kappa shape index (κ1) is 32.2. The lowest BCUT2D eigenvalue weighted by atomic mass is 10.00. The number of aromatic hydroxyl groups is 1. The molecule has 10 heteroatoms. The van der Waals surface area contributed by atoms with Gasteiger partial charge in [-0.3, -0.25) is 10.2 Å². The lowest BCUT2D eigenvalue weighted by molar-refractivity contribution is -0.158. The Bertz CT molecular complexity index is 849. The van der Waals surface area contributed by atoms with Crippen LogP contribution in [0.5, 0.6) is 11.5 Å². The molecule has 0 saturated carbocycles. The second-order valence-corrected chi connectivity index (χ2v) is 9.04. The number of amides is 1. The van der Waals surface area contributed by atoms with Crippen LogP contribution >= 0.6 is 0 Å². The number of phenolic OH excluding ortho intramolecular Hbond substituents is 1. The van der Waals surface area contributed by atoms with Crippen molar-refractivity contribution in [2.45, 2.75) is 98.4 Å². The molecule has 1 amide bonds. The van der Waals surface area contributed by atoms with Crippen LogP contribution in [0.2, 0.25) is 0 Å². The highest BCUT2D eigenvalue weighted by atomic mass is 19.4. The molecule has 3 N–H and O–H groups in total. The normalized spacial score (nSPS) is 12.2. The summed E-state index contributed by atoms with van der Waals surface area (Å²) in [5, 5.41) is 20.1. The van der Waals surface area contributed by atoms with E-state index in [0.717, 1.165) is 6.07 Å². The van der Waals surface area contributed by atoms with Crippen molar-refractivity contribution < 1.29 is 37.3 Å². The minimum absolute atomic E-state index is 0.0546. The van der Waals surface area contributed by atoms with Crippen LogP contribution in [0, 0.1) is 5.41 Å². The SMILES string of the molecule is CCC.CCCc1c(OCCCC(=O)NC(C)C(=O)OC(C)(C)C)ccc(C(=N)C(F)(F)F)c1O. The van der Waals surface area contributed by atoms with Gasteiger partial charge < -0.3 is 19.9 Å². The predicted molar refractivity (Wildman–Crippen MR) is 129 cm³/mol. The molecule has 0 saturated heterocycles. The molecule has 0 aromatic heterocycles. The van der Waals surface area contributed by atoms with E-state index in [1.165, 1.54) is 19.4 Å². The molecule has 0 heterocycles. The molecule has 0 aliphatic carbocycles. The van der Waals surface area contributed by atoms with E-state index in [0.29, 0.717) is 6.42 Å². The Morgan fingerprint density at radius 3 is 2.20 bits per heavy atom. The monoisotopic (exact) mass is 504 g/mol. The zero-order valence-corrected chi connectivity index (χ0v) is 21.7. The maximum Gasteiger partial charge on any atom is 0.433 e. The molecule has 0 bridgehead atoms. The Hall–Kier alpha value is -2.78. The van der Waals surface area contributed by atoms with E-state index in [1.807, 2.05) is 0 Å². The van der Waals surface area contributed by atoms with Gasteiger partial charge in [-0.15, -0.1) is 0 Å². The molecule has 1 aromatic carbocycles. The van der Waals surface area contributed by atoms with Crippen molar-refractivity contribution in [3.05, 3.63) is 23.3 Å². The summed E-state index contributed by atoms with van der Waals surface area (Å²) in [6, 6.07) is 1.46.